The number of benzene rings is 2. The standard InChI is InChI=1S/C29H29N5O2/c1-6-23(35)33-22-15-34-26(17(22)2)24(25-27(30)31-16-32-28(25)34)18-7-11-20(12-8-18)36-21-13-9-19(10-14-21)29(3,4)5/h6-14,16,22H,1-2,15H2,3-5H3,(H,33,35)(H2,30,31,32)/t22-/m1/s1. The fourth-order valence-electron chi connectivity index (χ4n) is 4.66. The molecule has 0 radical (unpaired) electrons. The topological polar surface area (TPSA) is 95.1 Å². The number of nitrogens with two attached hydrogens (primary N) is 1. The van der Waals surface area contributed by atoms with Crippen LogP contribution in [0.1, 0.15) is 32.0 Å². The lowest BCUT2D eigenvalue weighted by atomic mass is 9.87. The summed E-state index contributed by atoms with van der Waals surface area (Å²) in [5, 5.41) is 3.72. The van der Waals surface area contributed by atoms with Crippen LogP contribution in [0.15, 0.2) is 74.1 Å². The normalized spacial score (nSPS) is 15.1. The van der Waals surface area contributed by atoms with E-state index in [9.17, 15) is 4.79 Å². The van der Waals surface area contributed by atoms with Gasteiger partial charge >= 0.3 is 0 Å². The molecule has 0 unspecified atom stereocenters. The largest absolute Gasteiger partial charge is 0.457 e. The van der Waals surface area contributed by atoms with Crippen LogP contribution in [0, 0.1) is 0 Å². The first-order valence-corrected chi connectivity index (χ1v) is 11.8. The van der Waals surface area contributed by atoms with Gasteiger partial charge in [0.05, 0.1) is 17.1 Å². The third-order valence-corrected chi connectivity index (χ3v) is 6.56. The maximum Gasteiger partial charge on any atom is 0.243 e. The number of carbonyl (C=O) groups excluding carboxylic acids is 1. The van der Waals surface area contributed by atoms with Crippen molar-refractivity contribution in [3.63, 3.8) is 0 Å². The van der Waals surface area contributed by atoms with Gasteiger partial charge in [-0.25, -0.2) is 9.97 Å². The number of aromatic nitrogens is 3. The Morgan fingerprint density at radius 3 is 2.36 bits per heavy atom. The minimum atomic E-state index is -0.261. The van der Waals surface area contributed by atoms with Gasteiger partial charge in [-0.2, -0.15) is 0 Å². The minimum Gasteiger partial charge on any atom is -0.457 e. The number of nitrogen functional groups attached to an aromatic ring is 1. The molecular formula is C29H29N5O2. The van der Waals surface area contributed by atoms with Crippen molar-refractivity contribution in [3.8, 4) is 22.6 Å². The van der Waals surface area contributed by atoms with Crippen LogP contribution in [0.3, 0.4) is 0 Å². The van der Waals surface area contributed by atoms with E-state index in [4.69, 9.17) is 10.5 Å². The molecule has 1 aliphatic heterocycles. The van der Waals surface area contributed by atoms with Gasteiger partial charge in [-0.1, -0.05) is 58.2 Å². The highest BCUT2D eigenvalue weighted by Crippen LogP contribution is 2.44. The first-order valence-electron chi connectivity index (χ1n) is 11.8. The molecule has 7 nitrogen and oxygen atoms in total. The van der Waals surface area contributed by atoms with Crippen molar-refractivity contribution in [3.05, 3.63) is 85.3 Å². The summed E-state index contributed by atoms with van der Waals surface area (Å²) in [5.74, 6) is 1.65. The molecule has 1 amide bonds. The fraction of sp³-hybridized carbons (Fsp3) is 0.207. The molecule has 0 fully saturated rings. The number of ether oxygens (including phenoxy) is 1. The maximum absolute atomic E-state index is 12.0. The van der Waals surface area contributed by atoms with Gasteiger partial charge in [-0.3, -0.25) is 4.79 Å². The molecule has 0 bridgehead atoms. The zero-order chi connectivity index (χ0) is 25.6. The van der Waals surface area contributed by atoms with E-state index < -0.39 is 0 Å². The minimum absolute atomic E-state index is 0.0871. The number of fused-ring (bicyclic) bond motifs is 3. The first kappa shape index (κ1) is 23.4. The van der Waals surface area contributed by atoms with Crippen molar-refractivity contribution in [2.24, 2.45) is 0 Å². The average Bonchev–Trinajstić information content (AvgIpc) is 3.34. The smallest absolute Gasteiger partial charge is 0.243 e. The lowest BCUT2D eigenvalue weighted by Gasteiger charge is -2.19. The number of hydrogen-bond acceptors (Lipinski definition) is 5. The molecule has 1 atom stereocenters. The van der Waals surface area contributed by atoms with Crippen molar-refractivity contribution in [1.82, 2.24) is 19.9 Å². The lowest BCUT2D eigenvalue weighted by molar-refractivity contribution is -0.116. The van der Waals surface area contributed by atoms with E-state index in [0.717, 1.165) is 39.3 Å². The summed E-state index contributed by atoms with van der Waals surface area (Å²) >= 11 is 0. The average molecular weight is 480 g/mol. The molecule has 0 saturated heterocycles. The lowest BCUT2D eigenvalue weighted by Crippen LogP contribution is -2.33. The van der Waals surface area contributed by atoms with E-state index in [1.807, 2.05) is 41.0 Å². The van der Waals surface area contributed by atoms with Crippen LogP contribution < -0.4 is 15.8 Å². The van der Waals surface area contributed by atoms with Gasteiger partial charge in [0.1, 0.15) is 29.3 Å². The van der Waals surface area contributed by atoms with Gasteiger partial charge in [-0.05, 0) is 52.5 Å². The van der Waals surface area contributed by atoms with E-state index in [1.54, 1.807) is 0 Å². The van der Waals surface area contributed by atoms with E-state index in [0.29, 0.717) is 18.0 Å². The molecule has 0 spiro atoms. The zero-order valence-electron chi connectivity index (χ0n) is 20.7. The third-order valence-electron chi connectivity index (χ3n) is 6.56. The van der Waals surface area contributed by atoms with E-state index in [2.05, 4.69) is 61.3 Å². The molecule has 2 aromatic carbocycles. The van der Waals surface area contributed by atoms with E-state index >= 15 is 0 Å². The molecule has 36 heavy (non-hydrogen) atoms. The Hall–Kier alpha value is -4.39. The molecule has 182 valence electrons. The maximum atomic E-state index is 12.0. The molecule has 2 aromatic heterocycles. The van der Waals surface area contributed by atoms with Crippen molar-refractivity contribution in [1.29, 1.82) is 0 Å². The van der Waals surface area contributed by atoms with Crippen LogP contribution in [0.2, 0.25) is 0 Å². The van der Waals surface area contributed by atoms with Crippen molar-refractivity contribution >= 4 is 28.3 Å². The molecule has 1 aliphatic rings. The summed E-state index contributed by atoms with van der Waals surface area (Å²) in [4.78, 5) is 20.7. The van der Waals surface area contributed by atoms with Crippen LogP contribution in [0.5, 0.6) is 11.5 Å². The Balaban J connectivity index is 1.50. The molecule has 5 rings (SSSR count). The SMILES string of the molecule is C=CC(=O)N[C@@H]1Cn2c(c(-c3ccc(Oc4ccc(C(C)(C)C)cc4)cc3)c3c(N)ncnc32)C1=C. The van der Waals surface area contributed by atoms with Gasteiger partial charge in [0.15, 0.2) is 0 Å². The van der Waals surface area contributed by atoms with Crippen LogP contribution in [-0.4, -0.2) is 26.5 Å². The molecule has 3 heterocycles. The van der Waals surface area contributed by atoms with Crippen molar-refractivity contribution in [2.45, 2.75) is 38.8 Å². The number of nitrogens with zero attached hydrogens (tertiary/aromatic N) is 3. The van der Waals surface area contributed by atoms with E-state index in [-0.39, 0.29) is 17.4 Å². The van der Waals surface area contributed by atoms with Gasteiger partial charge < -0.3 is 20.4 Å². The second-order valence-corrected chi connectivity index (χ2v) is 9.98. The molecule has 0 saturated carbocycles. The van der Waals surface area contributed by atoms with Crippen molar-refractivity contribution < 1.29 is 9.53 Å². The van der Waals surface area contributed by atoms with Gasteiger partial charge in [-0.15, -0.1) is 0 Å². The molecule has 7 heteroatoms. The van der Waals surface area contributed by atoms with Gasteiger partial charge in [0.25, 0.3) is 0 Å². The Bertz CT molecular complexity index is 1490. The number of anilines is 1. The number of amides is 1. The Kier molecular flexibility index (Phi) is 5.63. The number of rotatable bonds is 5. The summed E-state index contributed by atoms with van der Waals surface area (Å²) in [7, 11) is 0. The summed E-state index contributed by atoms with van der Waals surface area (Å²) in [6.07, 6.45) is 2.71. The zero-order valence-corrected chi connectivity index (χ0v) is 20.7. The molecule has 3 N–H and O–H groups in total. The van der Waals surface area contributed by atoms with Crippen molar-refractivity contribution in [2.75, 3.05) is 5.73 Å². The van der Waals surface area contributed by atoms with Crippen LogP contribution >= 0.6 is 0 Å². The van der Waals surface area contributed by atoms with Gasteiger partial charge in [0.2, 0.25) is 5.91 Å². The number of carbonyl (C=O) groups is 1. The van der Waals surface area contributed by atoms with Gasteiger partial charge in [0, 0.05) is 12.1 Å². The highest BCUT2D eigenvalue weighted by atomic mass is 16.5. The first-order chi connectivity index (χ1) is 17.2. The Morgan fingerprint density at radius 2 is 1.75 bits per heavy atom. The summed E-state index contributed by atoms with van der Waals surface area (Å²) < 4.78 is 8.13. The number of nitrogens with one attached hydrogen (secondary N) is 1. The number of hydrogen-bond donors (Lipinski definition) is 2. The van der Waals surface area contributed by atoms with Crippen LogP contribution in [-0.2, 0) is 16.8 Å². The van der Waals surface area contributed by atoms with Crippen LogP contribution in [0.25, 0.3) is 27.7 Å². The fourth-order valence-corrected chi connectivity index (χ4v) is 4.66. The predicted octanol–water partition coefficient (Wildman–Crippen LogP) is 5.47. The quantitative estimate of drug-likeness (QED) is 0.370. The molecule has 4 aromatic rings. The van der Waals surface area contributed by atoms with E-state index in [1.165, 1.54) is 18.0 Å². The third kappa shape index (κ3) is 4.02. The molecular weight excluding hydrogens is 450 g/mol. The predicted molar refractivity (Wildman–Crippen MR) is 144 cm³/mol. The summed E-state index contributed by atoms with van der Waals surface area (Å²) in [5.41, 5.74) is 11.9. The summed E-state index contributed by atoms with van der Waals surface area (Å²) in [6.45, 7) is 14.9. The highest BCUT2D eigenvalue weighted by Gasteiger charge is 2.33. The Labute approximate surface area is 210 Å². The summed E-state index contributed by atoms with van der Waals surface area (Å²) in [6, 6.07) is 15.7. The van der Waals surface area contributed by atoms with Crippen LogP contribution in [0.4, 0.5) is 5.82 Å². The molecule has 0 aliphatic carbocycles. The highest BCUT2D eigenvalue weighted by molar-refractivity contribution is 6.07. The second-order valence-electron chi connectivity index (χ2n) is 9.98. The monoisotopic (exact) mass is 479 g/mol. The Morgan fingerprint density at radius 1 is 1.11 bits per heavy atom. The second kappa shape index (κ2) is 8.68.